The van der Waals surface area contributed by atoms with Crippen LogP contribution in [0, 0.1) is 0 Å². The van der Waals surface area contributed by atoms with Crippen molar-refractivity contribution in [2.24, 2.45) is 0 Å². The van der Waals surface area contributed by atoms with E-state index in [2.05, 4.69) is 36.0 Å². The van der Waals surface area contributed by atoms with Gasteiger partial charge >= 0.3 is 0 Å². The van der Waals surface area contributed by atoms with Gasteiger partial charge in [0.1, 0.15) is 5.75 Å². The summed E-state index contributed by atoms with van der Waals surface area (Å²) >= 11 is 0. The average molecular weight is 581 g/mol. The molecule has 8 heteroatoms. The van der Waals surface area contributed by atoms with Gasteiger partial charge in [-0.05, 0) is 110 Å². The third kappa shape index (κ3) is 4.90. The Balaban J connectivity index is 1.41. The first-order chi connectivity index (χ1) is 20.8. The van der Waals surface area contributed by atoms with Gasteiger partial charge in [-0.1, -0.05) is 18.2 Å². The van der Waals surface area contributed by atoms with E-state index in [-0.39, 0.29) is 35.1 Å². The number of benzene rings is 4. The molecule has 0 aromatic heterocycles. The molecule has 43 heavy (non-hydrogen) atoms. The number of likely N-dealkylation sites (N-methyl/N-ethyl adjacent to an activating group) is 2. The summed E-state index contributed by atoms with van der Waals surface area (Å²) in [6.45, 7) is 1.68. The molecule has 8 rings (SSSR count). The quantitative estimate of drug-likeness (QED) is 0.243. The highest BCUT2D eigenvalue weighted by molar-refractivity contribution is 5.62. The van der Waals surface area contributed by atoms with Crippen molar-refractivity contribution < 1.29 is 29.5 Å². The fourth-order valence-electron chi connectivity index (χ4n) is 6.83. The van der Waals surface area contributed by atoms with Gasteiger partial charge < -0.3 is 29.5 Å². The maximum atomic E-state index is 11.0. The number of phenolic OH excluding ortho intramolecular Hbond substituents is 3. The lowest BCUT2D eigenvalue weighted by atomic mass is 9.87. The fraction of sp³-hybridized carbons (Fsp3) is 0.314. The molecule has 3 N–H and O–H groups in total. The summed E-state index contributed by atoms with van der Waals surface area (Å²) in [6.07, 6.45) is 2.93. The molecule has 2 unspecified atom stereocenters. The predicted molar refractivity (Wildman–Crippen MR) is 163 cm³/mol. The zero-order valence-corrected chi connectivity index (χ0v) is 24.6. The minimum atomic E-state index is -0.0998. The minimum Gasteiger partial charge on any atom is -0.504 e. The van der Waals surface area contributed by atoms with Gasteiger partial charge in [0.05, 0.1) is 7.11 Å². The number of methoxy groups -OCH3 is 1. The first kappa shape index (κ1) is 27.4. The van der Waals surface area contributed by atoms with Crippen LogP contribution in [0.1, 0.15) is 45.5 Å². The molecule has 4 aliphatic heterocycles. The van der Waals surface area contributed by atoms with E-state index in [1.54, 1.807) is 25.3 Å². The molecule has 0 saturated heterocycles. The maximum absolute atomic E-state index is 11.0. The lowest BCUT2D eigenvalue weighted by Gasteiger charge is -2.36. The van der Waals surface area contributed by atoms with Gasteiger partial charge in [0.25, 0.3) is 0 Å². The smallest absolute Gasteiger partial charge is 0.204 e. The summed E-state index contributed by atoms with van der Waals surface area (Å²) in [6, 6.07) is 18.9. The second-order valence-corrected chi connectivity index (χ2v) is 11.9. The molecule has 4 aromatic carbocycles. The van der Waals surface area contributed by atoms with Crippen LogP contribution in [0.2, 0.25) is 0 Å². The predicted octanol–water partition coefficient (Wildman–Crippen LogP) is 6.25. The Morgan fingerprint density at radius 2 is 1.35 bits per heavy atom. The molecular weight excluding hydrogens is 544 g/mol. The molecule has 4 heterocycles. The van der Waals surface area contributed by atoms with Crippen LogP contribution in [0.5, 0.6) is 46.0 Å². The van der Waals surface area contributed by atoms with Gasteiger partial charge in [-0.15, -0.1) is 0 Å². The van der Waals surface area contributed by atoms with Gasteiger partial charge in [0.2, 0.25) is 5.75 Å². The van der Waals surface area contributed by atoms with Crippen LogP contribution in [-0.2, 0) is 25.7 Å². The number of aromatic hydroxyl groups is 3. The molecule has 4 aromatic rings. The summed E-state index contributed by atoms with van der Waals surface area (Å²) < 4.78 is 18.5. The minimum absolute atomic E-state index is 0.00325. The van der Waals surface area contributed by atoms with Crippen LogP contribution in [0.3, 0.4) is 0 Å². The van der Waals surface area contributed by atoms with E-state index in [9.17, 15) is 15.3 Å². The number of phenols is 3. The van der Waals surface area contributed by atoms with Crippen molar-refractivity contribution in [2.75, 3.05) is 34.3 Å². The standard InChI is InChI=1S/C35H36N2O6/c1-36-12-10-22-17-29(39)32-19-25(22)26(36)14-20-4-7-24(8-5-20)42-35-33-23(18-30(40)34(35)41-3)11-13-37(2)27(33)15-21-6-9-28(38)31(16-21)43-32/h4-9,16-19,26-27,38-40H,10-15H2,1-3H3. The van der Waals surface area contributed by atoms with E-state index in [1.165, 1.54) is 0 Å². The lowest BCUT2D eigenvalue weighted by molar-refractivity contribution is 0.221. The second-order valence-electron chi connectivity index (χ2n) is 11.9. The Bertz CT molecular complexity index is 1700. The third-order valence-electron chi connectivity index (χ3n) is 9.23. The van der Waals surface area contributed by atoms with Crippen LogP contribution < -0.4 is 14.2 Å². The molecule has 0 aliphatic carbocycles. The van der Waals surface area contributed by atoms with Crippen LogP contribution >= 0.6 is 0 Å². The van der Waals surface area contributed by atoms with Crippen LogP contribution in [-0.4, -0.2) is 59.4 Å². The molecule has 8 nitrogen and oxygen atoms in total. The SMILES string of the molecule is COc1c(O)cc2c3c1Oc1ccc(cc1)CC1c4cc(c(O)cc4CCN1C)Oc1cc(ccc1O)CC3N(C)CC2. The van der Waals surface area contributed by atoms with Crippen molar-refractivity contribution >= 4 is 0 Å². The van der Waals surface area contributed by atoms with Gasteiger partial charge in [0.15, 0.2) is 34.5 Å². The van der Waals surface area contributed by atoms with Crippen LogP contribution in [0.15, 0.2) is 60.7 Å². The lowest BCUT2D eigenvalue weighted by Crippen LogP contribution is -2.34. The monoisotopic (exact) mass is 580 g/mol. The van der Waals surface area contributed by atoms with Crippen molar-refractivity contribution in [3.63, 3.8) is 0 Å². The van der Waals surface area contributed by atoms with Gasteiger partial charge in [-0.2, -0.15) is 0 Å². The number of rotatable bonds is 1. The van der Waals surface area contributed by atoms with Crippen molar-refractivity contribution in [3.8, 4) is 46.0 Å². The third-order valence-corrected chi connectivity index (χ3v) is 9.23. The van der Waals surface area contributed by atoms with E-state index in [1.807, 2.05) is 30.3 Å². The van der Waals surface area contributed by atoms with Crippen LogP contribution in [0.4, 0.5) is 0 Å². The van der Waals surface area contributed by atoms with Crippen LogP contribution in [0.25, 0.3) is 0 Å². The largest absolute Gasteiger partial charge is 0.504 e. The molecule has 6 bridgehead atoms. The molecule has 222 valence electrons. The van der Waals surface area contributed by atoms with Crippen molar-refractivity contribution in [2.45, 2.75) is 37.8 Å². The highest BCUT2D eigenvalue weighted by Crippen LogP contribution is 2.50. The summed E-state index contributed by atoms with van der Waals surface area (Å²) in [5.41, 5.74) is 6.25. The zero-order chi connectivity index (χ0) is 29.8. The number of hydrogen-bond donors (Lipinski definition) is 3. The van der Waals surface area contributed by atoms with Gasteiger partial charge in [-0.25, -0.2) is 0 Å². The van der Waals surface area contributed by atoms with E-state index in [0.717, 1.165) is 65.7 Å². The molecule has 0 radical (unpaired) electrons. The summed E-state index contributed by atoms with van der Waals surface area (Å²) in [5, 5.41) is 32.7. The number of hydrogen-bond acceptors (Lipinski definition) is 8. The van der Waals surface area contributed by atoms with Gasteiger partial charge in [0, 0.05) is 30.7 Å². The molecule has 0 amide bonds. The molecule has 4 aliphatic rings. The van der Waals surface area contributed by atoms with E-state index in [0.29, 0.717) is 29.4 Å². The summed E-state index contributed by atoms with van der Waals surface area (Å²) in [7, 11) is 5.73. The highest BCUT2D eigenvalue weighted by atomic mass is 16.5. The Labute approximate surface area is 251 Å². The number of fused-ring (bicyclic) bond motifs is 2. The van der Waals surface area contributed by atoms with E-state index >= 15 is 0 Å². The summed E-state index contributed by atoms with van der Waals surface area (Å²) in [5.74, 6) is 2.18. The number of ether oxygens (including phenoxy) is 3. The Morgan fingerprint density at radius 3 is 2.12 bits per heavy atom. The maximum Gasteiger partial charge on any atom is 0.204 e. The van der Waals surface area contributed by atoms with Crippen molar-refractivity contribution in [1.29, 1.82) is 0 Å². The average Bonchev–Trinajstić information content (AvgIpc) is 2.99. The second kappa shape index (κ2) is 10.7. The topological polar surface area (TPSA) is 94.9 Å². The first-order valence-corrected chi connectivity index (χ1v) is 14.7. The fourth-order valence-corrected chi connectivity index (χ4v) is 6.83. The molecule has 2 atom stereocenters. The first-order valence-electron chi connectivity index (χ1n) is 14.7. The molecular formula is C35H36N2O6. The van der Waals surface area contributed by atoms with E-state index < -0.39 is 0 Å². The van der Waals surface area contributed by atoms with Crippen molar-refractivity contribution in [3.05, 3.63) is 94.0 Å². The van der Waals surface area contributed by atoms with Gasteiger partial charge in [-0.3, -0.25) is 9.80 Å². The normalized spacial score (nSPS) is 19.9. The summed E-state index contributed by atoms with van der Waals surface area (Å²) in [4.78, 5) is 4.59. The number of nitrogens with zero attached hydrogens (tertiary/aromatic N) is 2. The van der Waals surface area contributed by atoms with E-state index in [4.69, 9.17) is 14.2 Å². The highest BCUT2D eigenvalue weighted by Gasteiger charge is 2.33. The molecule has 0 saturated carbocycles. The van der Waals surface area contributed by atoms with Crippen molar-refractivity contribution in [1.82, 2.24) is 9.80 Å². The zero-order valence-electron chi connectivity index (χ0n) is 24.6. The molecule has 0 spiro atoms. The Morgan fingerprint density at radius 1 is 0.698 bits per heavy atom. The Kier molecular flexibility index (Phi) is 6.83. The molecule has 0 fully saturated rings. The Hall–Kier alpha value is -4.40.